The zero-order chi connectivity index (χ0) is 12.4. The van der Waals surface area contributed by atoms with Gasteiger partial charge in [0.1, 0.15) is 0 Å². The second kappa shape index (κ2) is 5.21. The maximum absolute atomic E-state index is 5.88. The Kier molecular flexibility index (Phi) is 3.86. The van der Waals surface area contributed by atoms with Crippen LogP contribution in [0.1, 0.15) is 12.5 Å². The van der Waals surface area contributed by atoms with E-state index < -0.39 is 0 Å². The van der Waals surface area contributed by atoms with E-state index >= 15 is 0 Å². The molecule has 5 heteroatoms. The summed E-state index contributed by atoms with van der Waals surface area (Å²) < 4.78 is 2.81. The Balaban J connectivity index is 2.45. The van der Waals surface area contributed by atoms with Crippen LogP contribution < -0.4 is 5.73 Å². The van der Waals surface area contributed by atoms with Crippen molar-refractivity contribution in [2.45, 2.75) is 19.4 Å². The van der Waals surface area contributed by atoms with E-state index in [4.69, 9.17) is 17.3 Å². The minimum absolute atomic E-state index is 0.106. The first kappa shape index (κ1) is 12.6. The third-order valence-corrected chi connectivity index (χ3v) is 3.07. The number of nitrogens with zero attached hydrogens (tertiary/aromatic N) is 2. The minimum atomic E-state index is 0.106. The Labute approximate surface area is 114 Å². The first-order chi connectivity index (χ1) is 8.06. The summed E-state index contributed by atoms with van der Waals surface area (Å²) in [5.41, 5.74) is 8.01. The number of benzene rings is 1. The van der Waals surface area contributed by atoms with Gasteiger partial charge in [-0.2, -0.15) is 5.10 Å². The van der Waals surface area contributed by atoms with Crippen LogP contribution in [-0.2, 0) is 6.42 Å². The SMILES string of the molecule is CC(N)Cc1cc(Br)ccc1-n1cc(Cl)cn1. The Morgan fingerprint density at radius 1 is 1.53 bits per heavy atom. The van der Waals surface area contributed by atoms with Crippen LogP contribution in [0.15, 0.2) is 35.1 Å². The molecule has 2 N–H and O–H groups in total. The van der Waals surface area contributed by atoms with Crippen molar-refractivity contribution in [3.8, 4) is 5.69 Å². The molecular formula is C12H13BrClN3. The van der Waals surface area contributed by atoms with Gasteiger partial charge in [-0.3, -0.25) is 0 Å². The number of hydrogen-bond donors (Lipinski definition) is 1. The lowest BCUT2D eigenvalue weighted by Crippen LogP contribution is -2.19. The van der Waals surface area contributed by atoms with Crippen molar-refractivity contribution >= 4 is 27.5 Å². The standard InChI is InChI=1S/C12H13BrClN3/c1-8(15)4-9-5-10(13)2-3-12(9)17-7-11(14)6-16-17/h2-3,5-8H,4,15H2,1H3. The molecule has 3 nitrogen and oxygen atoms in total. The molecule has 0 saturated carbocycles. The van der Waals surface area contributed by atoms with E-state index in [0.29, 0.717) is 5.02 Å². The van der Waals surface area contributed by atoms with Crippen LogP contribution in [0, 0.1) is 0 Å². The van der Waals surface area contributed by atoms with E-state index in [0.717, 1.165) is 22.1 Å². The normalized spacial score (nSPS) is 12.7. The molecule has 2 aromatic rings. The molecule has 1 unspecified atom stereocenters. The lowest BCUT2D eigenvalue weighted by atomic mass is 10.1. The highest BCUT2D eigenvalue weighted by Crippen LogP contribution is 2.22. The predicted molar refractivity (Wildman–Crippen MR) is 73.6 cm³/mol. The summed E-state index contributed by atoms with van der Waals surface area (Å²) in [5, 5.41) is 4.84. The fraction of sp³-hybridized carbons (Fsp3) is 0.250. The molecule has 1 heterocycles. The zero-order valence-corrected chi connectivity index (χ0v) is 11.7. The monoisotopic (exact) mass is 313 g/mol. The number of nitrogens with two attached hydrogens (primary N) is 1. The van der Waals surface area contributed by atoms with Crippen molar-refractivity contribution in [1.29, 1.82) is 0 Å². The highest BCUT2D eigenvalue weighted by Gasteiger charge is 2.08. The van der Waals surface area contributed by atoms with Crippen molar-refractivity contribution in [3.05, 3.63) is 45.7 Å². The molecule has 0 amide bonds. The lowest BCUT2D eigenvalue weighted by Gasteiger charge is -2.12. The van der Waals surface area contributed by atoms with Crippen LogP contribution in [-0.4, -0.2) is 15.8 Å². The highest BCUT2D eigenvalue weighted by molar-refractivity contribution is 9.10. The van der Waals surface area contributed by atoms with Crippen LogP contribution in [0.5, 0.6) is 0 Å². The van der Waals surface area contributed by atoms with Crippen LogP contribution in [0.2, 0.25) is 5.02 Å². The maximum Gasteiger partial charge on any atom is 0.0790 e. The van der Waals surface area contributed by atoms with E-state index in [1.807, 2.05) is 19.1 Å². The molecule has 1 aromatic carbocycles. The molecule has 0 saturated heterocycles. The summed E-state index contributed by atoms with van der Waals surface area (Å²) in [6.07, 6.45) is 4.21. The van der Waals surface area contributed by atoms with Gasteiger partial charge >= 0.3 is 0 Å². The predicted octanol–water partition coefficient (Wildman–Crippen LogP) is 3.18. The van der Waals surface area contributed by atoms with Gasteiger partial charge in [-0.05, 0) is 37.1 Å². The Hall–Kier alpha value is -0.840. The Morgan fingerprint density at radius 3 is 2.88 bits per heavy atom. The second-order valence-corrected chi connectivity index (χ2v) is 5.41. The lowest BCUT2D eigenvalue weighted by molar-refractivity contribution is 0.727. The van der Waals surface area contributed by atoms with E-state index in [1.54, 1.807) is 17.1 Å². The number of rotatable bonds is 3. The van der Waals surface area contributed by atoms with Crippen molar-refractivity contribution in [2.75, 3.05) is 0 Å². The van der Waals surface area contributed by atoms with Gasteiger partial charge in [-0.15, -0.1) is 0 Å². The van der Waals surface area contributed by atoms with Crippen molar-refractivity contribution in [1.82, 2.24) is 9.78 Å². The largest absolute Gasteiger partial charge is 0.328 e. The molecule has 90 valence electrons. The topological polar surface area (TPSA) is 43.8 Å². The van der Waals surface area contributed by atoms with Crippen molar-refractivity contribution in [2.24, 2.45) is 5.73 Å². The molecule has 1 atom stereocenters. The molecule has 0 spiro atoms. The molecular weight excluding hydrogens is 302 g/mol. The van der Waals surface area contributed by atoms with Crippen LogP contribution in [0.3, 0.4) is 0 Å². The molecule has 0 bridgehead atoms. The summed E-state index contributed by atoms with van der Waals surface area (Å²) in [7, 11) is 0. The summed E-state index contributed by atoms with van der Waals surface area (Å²) in [6, 6.07) is 6.16. The van der Waals surface area contributed by atoms with Gasteiger partial charge < -0.3 is 5.73 Å². The third-order valence-electron chi connectivity index (χ3n) is 2.38. The zero-order valence-electron chi connectivity index (χ0n) is 9.40. The van der Waals surface area contributed by atoms with Crippen LogP contribution in [0.4, 0.5) is 0 Å². The van der Waals surface area contributed by atoms with Gasteiger partial charge in [0.15, 0.2) is 0 Å². The second-order valence-electron chi connectivity index (χ2n) is 4.06. The summed E-state index contributed by atoms with van der Waals surface area (Å²) in [5.74, 6) is 0. The molecule has 1 aromatic heterocycles. The summed E-state index contributed by atoms with van der Waals surface area (Å²) in [6.45, 7) is 1.99. The maximum atomic E-state index is 5.88. The fourth-order valence-electron chi connectivity index (χ4n) is 1.72. The third kappa shape index (κ3) is 3.09. The van der Waals surface area contributed by atoms with Gasteiger partial charge in [-0.25, -0.2) is 4.68 Å². The Bertz CT molecular complexity index is 522. The minimum Gasteiger partial charge on any atom is -0.328 e. The quantitative estimate of drug-likeness (QED) is 0.945. The van der Waals surface area contributed by atoms with Gasteiger partial charge in [0.25, 0.3) is 0 Å². The molecule has 0 aliphatic carbocycles. The number of halogens is 2. The average Bonchev–Trinajstić information content (AvgIpc) is 2.64. The summed E-state index contributed by atoms with van der Waals surface area (Å²) >= 11 is 9.35. The highest BCUT2D eigenvalue weighted by atomic mass is 79.9. The van der Waals surface area contributed by atoms with Crippen LogP contribution in [0.25, 0.3) is 5.69 Å². The van der Waals surface area contributed by atoms with Gasteiger partial charge in [0.05, 0.1) is 16.9 Å². The first-order valence-electron chi connectivity index (χ1n) is 5.31. The molecule has 2 rings (SSSR count). The van der Waals surface area contributed by atoms with Crippen molar-refractivity contribution in [3.63, 3.8) is 0 Å². The summed E-state index contributed by atoms with van der Waals surface area (Å²) in [4.78, 5) is 0. The molecule has 17 heavy (non-hydrogen) atoms. The van der Waals surface area contributed by atoms with Gasteiger partial charge in [0.2, 0.25) is 0 Å². The molecule has 0 aliphatic rings. The Morgan fingerprint density at radius 2 is 2.29 bits per heavy atom. The molecule has 0 aliphatic heterocycles. The molecule has 0 radical (unpaired) electrons. The van der Waals surface area contributed by atoms with E-state index in [9.17, 15) is 0 Å². The molecule has 0 fully saturated rings. The first-order valence-corrected chi connectivity index (χ1v) is 6.48. The van der Waals surface area contributed by atoms with E-state index in [-0.39, 0.29) is 6.04 Å². The van der Waals surface area contributed by atoms with E-state index in [1.165, 1.54) is 0 Å². The number of hydrogen-bond acceptors (Lipinski definition) is 2. The number of aromatic nitrogens is 2. The smallest absolute Gasteiger partial charge is 0.0790 e. The van der Waals surface area contributed by atoms with Gasteiger partial charge in [-0.1, -0.05) is 27.5 Å². The fourth-order valence-corrected chi connectivity index (χ4v) is 2.27. The van der Waals surface area contributed by atoms with Crippen LogP contribution >= 0.6 is 27.5 Å². The van der Waals surface area contributed by atoms with E-state index in [2.05, 4.69) is 27.1 Å². The van der Waals surface area contributed by atoms with Gasteiger partial charge in [0, 0.05) is 16.7 Å². The van der Waals surface area contributed by atoms with Crippen molar-refractivity contribution < 1.29 is 0 Å². The average molecular weight is 315 g/mol.